The number of carbonyl (C=O) groups is 3. The van der Waals surface area contributed by atoms with Crippen LogP contribution in [0.2, 0.25) is 0 Å². The van der Waals surface area contributed by atoms with E-state index in [-0.39, 0.29) is 11.8 Å². The summed E-state index contributed by atoms with van der Waals surface area (Å²) in [5, 5.41) is 14.0. The maximum Gasteiger partial charge on any atom is 0.329 e. The molecular formula is C18H18N2O4S. The zero-order valence-corrected chi connectivity index (χ0v) is 14.5. The first-order valence-electron chi connectivity index (χ1n) is 7.92. The van der Waals surface area contributed by atoms with Gasteiger partial charge in [0, 0.05) is 17.8 Å². The van der Waals surface area contributed by atoms with Crippen LogP contribution in [0.3, 0.4) is 0 Å². The highest BCUT2D eigenvalue weighted by Gasteiger charge is 2.46. The molecule has 0 saturated carbocycles. The van der Waals surface area contributed by atoms with Gasteiger partial charge in [-0.3, -0.25) is 9.59 Å². The Kier molecular flexibility index (Phi) is 4.59. The van der Waals surface area contributed by atoms with Crippen LogP contribution in [0.5, 0.6) is 0 Å². The van der Waals surface area contributed by atoms with E-state index in [0.717, 1.165) is 0 Å². The molecule has 1 aliphatic heterocycles. The number of aliphatic carboxylic acids is 1. The highest BCUT2D eigenvalue weighted by atomic mass is 32.1. The second-order valence-corrected chi connectivity index (χ2v) is 7.10. The summed E-state index contributed by atoms with van der Waals surface area (Å²) < 4.78 is 0. The van der Waals surface area contributed by atoms with E-state index in [2.05, 4.69) is 5.32 Å². The van der Waals surface area contributed by atoms with E-state index in [9.17, 15) is 19.5 Å². The van der Waals surface area contributed by atoms with E-state index < -0.39 is 11.5 Å². The average molecular weight is 358 g/mol. The summed E-state index contributed by atoms with van der Waals surface area (Å²) in [6.45, 7) is 1.98. The second-order valence-electron chi connectivity index (χ2n) is 6.15. The monoisotopic (exact) mass is 358 g/mol. The smallest absolute Gasteiger partial charge is 0.329 e. The summed E-state index contributed by atoms with van der Waals surface area (Å²) in [4.78, 5) is 38.5. The van der Waals surface area contributed by atoms with Crippen LogP contribution in [0.4, 0.5) is 5.69 Å². The van der Waals surface area contributed by atoms with Crippen LogP contribution in [0.25, 0.3) is 0 Å². The van der Waals surface area contributed by atoms with Gasteiger partial charge in [-0.1, -0.05) is 12.1 Å². The van der Waals surface area contributed by atoms with Crippen molar-refractivity contribution in [1.29, 1.82) is 0 Å². The maximum atomic E-state index is 12.8. The molecule has 1 saturated heterocycles. The standard InChI is InChI=1S/C18H18N2O4S/c1-18(17(23)24)8-4-9-20(18)16(22)12-5-2-6-13(11-12)19-15(21)14-7-3-10-25-14/h2-3,5-7,10-11H,4,8-9H2,1H3,(H,19,21)(H,23,24). The molecule has 1 fully saturated rings. The van der Waals surface area contributed by atoms with Crippen LogP contribution < -0.4 is 5.32 Å². The van der Waals surface area contributed by atoms with Gasteiger partial charge in [-0.25, -0.2) is 4.79 Å². The Bertz CT molecular complexity index is 818. The van der Waals surface area contributed by atoms with E-state index in [0.29, 0.717) is 35.5 Å². The molecule has 0 spiro atoms. The lowest BCUT2D eigenvalue weighted by atomic mass is 9.98. The number of carboxylic acids is 1. The molecule has 2 aromatic rings. The number of rotatable bonds is 4. The van der Waals surface area contributed by atoms with Gasteiger partial charge >= 0.3 is 5.97 Å². The summed E-state index contributed by atoms with van der Waals surface area (Å²) >= 11 is 1.33. The highest BCUT2D eigenvalue weighted by molar-refractivity contribution is 7.12. The van der Waals surface area contributed by atoms with Crippen molar-refractivity contribution in [2.45, 2.75) is 25.3 Å². The second kappa shape index (κ2) is 6.68. The molecule has 2 amide bonds. The minimum absolute atomic E-state index is 0.240. The molecule has 0 radical (unpaired) electrons. The predicted octanol–water partition coefficient (Wildman–Crippen LogP) is 3.08. The number of hydrogen-bond acceptors (Lipinski definition) is 4. The van der Waals surface area contributed by atoms with Crippen molar-refractivity contribution < 1.29 is 19.5 Å². The molecule has 2 N–H and O–H groups in total. The summed E-state index contributed by atoms with van der Waals surface area (Å²) in [7, 11) is 0. The molecule has 0 aliphatic carbocycles. The first kappa shape index (κ1) is 17.2. The summed E-state index contributed by atoms with van der Waals surface area (Å²) in [6.07, 6.45) is 1.09. The van der Waals surface area contributed by atoms with Crippen molar-refractivity contribution in [3.05, 3.63) is 52.2 Å². The van der Waals surface area contributed by atoms with Crippen molar-refractivity contribution in [1.82, 2.24) is 4.90 Å². The van der Waals surface area contributed by atoms with Crippen LogP contribution in [-0.2, 0) is 4.79 Å². The number of carbonyl (C=O) groups excluding carboxylic acids is 2. The van der Waals surface area contributed by atoms with Crippen LogP contribution in [-0.4, -0.2) is 39.9 Å². The van der Waals surface area contributed by atoms with Crippen LogP contribution in [0.1, 0.15) is 39.8 Å². The fourth-order valence-corrected chi connectivity index (χ4v) is 3.62. The van der Waals surface area contributed by atoms with Gasteiger partial charge in [0.15, 0.2) is 0 Å². The molecule has 1 unspecified atom stereocenters. The lowest BCUT2D eigenvalue weighted by Crippen LogP contribution is -2.50. The summed E-state index contributed by atoms with van der Waals surface area (Å²) in [6, 6.07) is 10.1. The van der Waals surface area contributed by atoms with Gasteiger partial charge in [-0.15, -0.1) is 11.3 Å². The number of thiophene rings is 1. The van der Waals surface area contributed by atoms with E-state index >= 15 is 0 Å². The minimum Gasteiger partial charge on any atom is -0.480 e. The molecule has 1 atom stereocenters. The zero-order valence-electron chi connectivity index (χ0n) is 13.7. The molecule has 2 heterocycles. The van der Waals surface area contributed by atoms with Gasteiger partial charge in [0.05, 0.1) is 4.88 Å². The third-order valence-corrected chi connectivity index (χ3v) is 5.33. The molecule has 1 aromatic carbocycles. The number of nitrogens with one attached hydrogen (secondary N) is 1. The largest absolute Gasteiger partial charge is 0.480 e. The SMILES string of the molecule is CC1(C(=O)O)CCCN1C(=O)c1cccc(NC(=O)c2cccs2)c1. The van der Waals surface area contributed by atoms with E-state index in [1.165, 1.54) is 16.2 Å². The van der Waals surface area contributed by atoms with Gasteiger partial charge in [0.2, 0.25) is 0 Å². The van der Waals surface area contributed by atoms with Gasteiger partial charge in [0.1, 0.15) is 5.54 Å². The molecule has 130 valence electrons. The normalized spacial score (nSPS) is 19.6. The van der Waals surface area contributed by atoms with Crippen molar-refractivity contribution in [2.24, 2.45) is 0 Å². The van der Waals surface area contributed by atoms with Gasteiger partial charge in [-0.2, -0.15) is 0 Å². The molecule has 1 aliphatic rings. The van der Waals surface area contributed by atoms with E-state index in [4.69, 9.17) is 0 Å². The van der Waals surface area contributed by atoms with Crippen molar-refractivity contribution in [3.8, 4) is 0 Å². The van der Waals surface area contributed by atoms with Crippen molar-refractivity contribution >= 4 is 34.8 Å². The lowest BCUT2D eigenvalue weighted by molar-refractivity contribution is -0.147. The summed E-state index contributed by atoms with van der Waals surface area (Å²) in [5.41, 5.74) is -0.327. The van der Waals surface area contributed by atoms with Gasteiger partial charge in [0.25, 0.3) is 11.8 Å². The maximum absolute atomic E-state index is 12.8. The lowest BCUT2D eigenvalue weighted by Gasteiger charge is -2.31. The van der Waals surface area contributed by atoms with E-state index in [1.54, 1.807) is 43.3 Å². The number of amides is 2. The molecule has 7 heteroatoms. The third-order valence-electron chi connectivity index (χ3n) is 4.46. The topological polar surface area (TPSA) is 86.7 Å². The predicted molar refractivity (Wildman–Crippen MR) is 95.0 cm³/mol. The average Bonchev–Trinajstić information content (AvgIpc) is 3.24. The third kappa shape index (κ3) is 3.28. The Morgan fingerprint density at radius 2 is 2.04 bits per heavy atom. The molecule has 6 nitrogen and oxygen atoms in total. The molecular weight excluding hydrogens is 340 g/mol. The fourth-order valence-electron chi connectivity index (χ4n) is 3.00. The highest BCUT2D eigenvalue weighted by Crippen LogP contribution is 2.31. The van der Waals surface area contributed by atoms with E-state index in [1.807, 2.05) is 5.38 Å². The first-order chi connectivity index (χ1) is 11.9. The van der Waals surface area contributed by atoms with Gasteiger partial charge < -0.3 is 15.3 Å². The van der Waals surface area contributed by atoms with Crippen LogP contribution >= 0.6 is 11.3 Å². The Morgan fingerprint density at radius 3 is 2.72 bits per heavy atom. The van der Waals surface area contributed by atoms with Crippen molar-refractivity contribution in [2.75, 3.05) is 11.9 Å². The molecule has 1 aromatic heterocycles. The number of anilines is 1. The Labute approximate surface area is 149 Å². The molecule has 3 rings (SSSR count). The van der Waals surface area contributed by atoms with Crippen LogP contribution in [0.15, 0.2) is 41.8 Å². The first-order valence-corrected chi connectivity index (χ1v) is 8.80. The quantitative estimate of drug-likeness (QED) is 0.879. The van der Waals surface area contributed by atoms with Gasteiger partial charge in [-0.05, 0) is 49.4 Å². The number of benzene rings is 1. The summed E-state index contributed by atoms with van der Waals surface area (Å²) in [5.74, 6) is -1.58. The number of nitrogens with zero attached hydrogens (tertiary/aromatic N) is 1. The van der Waals surface area contributed by atoms with Crippen molar-refractivity contribution in [3.63, 3.8) is 0 Å². The minimum atomic E-state index is -1.19. The molecule has 25 heavy (non-hydrogen) atoms. The van der Waals surface area contributed by atoms with Crippen LogP contribution in [0, 0.1) is 0 Å². The Morgan fingerprint density at radius 1 is 1.24 bits per heavy atom. The Balaban J connectivity index is 1.80. The number of carboxylic acid groups (broad SMARTS) is 1. The molecule has 0 bridgehead atoms. The Hall–Kier alpha value is -2.67. The number of likely N-dealkylation sites (tertiary alicyclic amines) is 1. The number of hydrogen-bond donors (Lipinski definition) is 2. The zero-order chi connectivity index (χ0) is 18.0. The fraction of sp³-hybridized carbons (Fsp3) is 0.278.